The molecule has 0 aromatic rings. The number of hydrogen-bond donors (Lipinski definition) is 0. The zero-order chi connectivity index (χ0) is 6.85. The molecule has 1 aliphatic rings. The molecular formula is C6H4INaO2. The van der Waals surface area contributed by atoms with E-state index in [1.807, 2.05) is 22.6 Å². The number of ketones is 2. The molecule has 48 valence electrons. The van der Waals surface area contributed by atoms with Gasteiger partial charge >= 0.3 is 29.6 Å². The van der Waals surface area contributed by atoms with Crippen molar-refractivity contribution in [1.82, 2.24) is 0 Å². The number of carbonyl (C=O) groups excluding carboxylic acids is 2. The Morgan fingerprint density at radius 3 is 2.10 bits per heavy atom. The second-order valence-corrected chi connectivity index (χ2v) is 2.84. The Morgan fingerprint density at radius 2 is 1.70 bits per heavy atom. The number of halogens is 1. The summed E-state index contributed by atoms with van der Waals surface area (Å²) in [5.41, 5.74) is 0. The molecule has 0 saturated heterocycles. The van der Waals surface area contributed by atoms with Gasteiger partial charge in [-0.2, -0.15) is 0 Å². The average Bonchev–Trinajstić information content (AvgIpc) is 1.80. The van der Waals surface area contributed by atoms with Gasteiger partial charge in [0, 0.05) is 9.66 Å². The van der Waals surface area contributed by atoms with Crippen molar-refractivity contribution in [2.45, 2.75) is 0 Å². The number of hydrogen-bond acceptors (Lipinski definition) is 2. The minimum atomic E-state index is -0.435. The van der Waals surface area contributed by atoms with Crippen LogP contribution in [-0.4, -0.2) is 41.1 Å². The molecule has 0 atom stereocenters. The predicted molar refractivity (Wildman–Crippen MR) is 48.4 cm³/mol. The van der Waals surface area contributed by atoms with E-state index in [4.69, 9.17) is 0 Å². The summed E-state index contributed by atoms with van der Waals surface area (Å²) in [5.74, 6) is -0.864. The van der Waals surface area contributed by atoms with Crippen molar-refractivity contribution in [3.8, 4) is 0 Å². The maximum atomic E-state index is 10.5. The van der Waals surface area contributed by atoms with E-state index in [2.05, 4.69) is 0 Å². The normalized spacial score (nSPS) is 16.3. The van der Waals surface area contributed by atoms with Crippen LogP contribution in [0.5, 0.6) is 0 Å². The predicted octanol–water partition coefficient (Wildman–Crippen LogP) is 0.365. The Hall–Kier alpha value is 0.550. The van der Waals surface area contributed by atoms with Crippen molar-refractivity contribution in [1.29, 1.82) is 0 Å². The van der Waals surface area contributed by atoms with E-state index in [9.17, 15) is 9.59 Å². The topological polar surface area (TPSA) is 34.1 Å². The molecule has 0 heterocycles. The van der Waals surface area contributed by atoms with Crippen LogP contribution in [0.4, 0.5) is 0 Å². The van der Waals surface area contributed by atoms with Crippen molar-refractivity contribution in [3.63, 3.8) is 0 Å². The molecule has 0 amide bonds. The van der Waals surface area contributed by atoms with Crippen LogP contribution in [0.3, 0.4) is 0 Å². The summed E-state index contributed by atoms with van der Waals surface area (Å²) in [4.78, 5) is 21.0. The molecule has 0 N–H and O–H groups in total. The average molecular weight is 258 g/mol. The van der Waals surface area contributed by atoms with Crippen molar-refractivity contribution < 1.29 is 9.59 Å². The first-order chi connectivity index (χ1) is 4.20. The zero-order valence-corrected chi connectivity index (χ0v) is 6.58. The summed E-state index contributed by atoms with van der Waals surface area (Å²) in [5, 5.41) is 0. The van der Waals surface area contributed by atoms with Gasteiger partial charge in [0.1, 0.15) is 0 Å². The molecule has 0 aromatic carbocycles. The minimum absolute atomic E-state index is 0. The Balaban J connectivity index is 0.000000810. The Morgan fingerprint density at radius 1 is 1.10 bits per heavy atom. The molecule has 2 nitrogen and oxygen atoms in total. The van der Waals surface area contributed by atoms with Crippen molar-refractivity contribution in [2.75, 3.05) is 0 Å². The summed E-state index contributed by atoms with van der Waals surface area (Å²) < 4.78 is 0.803. The molecule has 0 radical (unpaired) electrons. The Bertz CT molecular complexity index is 230. The van der Waals surface area contributed by atoms with Gasteiger partial charge in [0.25, 0.3) is 0 Å². The van der Waals surface area contributed by atoms with Crippen LogP contribution in [0.2, 0.25) is 0 Å². The molecule has 0 fully saturated rings. The van der Waals surface area contributed by atoms with Gasteiger partial charge in [-0.1, -0.05) is 0 Å². The third-order valence-corrected chi connectivity index (χ3v) is 1.58. The Kier molecular flexibility index (Phi) is 4.68. The third kappa shape index (κ3) is 2.65. The second-order valence-electron chi connectivity index (χ2n) is 1.59. The van der Waals surface area contributed by atoms with Gasteiger partial charge in [0.05, 0.1) is 0 Å². The molecule has 0 bridgehead atoms. The van der Waals surface area contributed by atoms with Crippen LogP contribution in [-0.2, 0) is 9.59 Å². The summed E-state index contributed by atoms with van der Waals surface area (Å²) in [6.45, 7) is 0. The van der Waals surface area contributed by atoms with E-state index in [0.717, 1.165) is 3.58 Å². The number of rotatable bonds is 0. The van der Waals surface area contributed by atoms with Crippen molar-refractivity contribution >= 4 is 63.7 Å². The molecule has 0 saturated carbocycles. The van der Waals surface area contributed by atoms with Crippen LogP contribution in [0.25, 0.3) is 0 Å². The summed E-state index contributed by atoms with van der Waals surface area (Å²) >= 11 is 1.98. The van der Waals surface area contributed by atoms with Gasteiger partial charge in [-0.3, -0.25) is 9.59 Å². The van der Waals surface area contributed by atoms with Crippen LogP contribution < -0.4 is 0 Å². The molecule has 0 spiro atoms. The molecule has 1 rings (SSSR count). The van der Waals surface area contributed by atoms with E-state index in [1.54, 1.807) is 6.08 Å². The first-order valence-corrected chi connectivity index (χ1v) is 3.41. The monoisotopic (exact) mass is 258 g/mol. The van der Waals surface area contributed by atoms with Crippen LogP contribution >= 0.6 is 22.6 Å². The van der Waals surface area contributed by atoms with Crippen molar-refractivity contribution in [3.05, 3.63) is 21.8 Å². The maximum absolute atomic E-state index is 10.5. The van der Waals surface area contributed by atoms with E-state index in [0.29, 0.717) is 0 Å². The van der Waals surface area contributed by atoms with Gasteiger partial charge in [-0.05, 0) is 34.7 Å². The fourth-order valence-electron chi connectivity index (χ4n) is 0.482. The zero-order valence-electron chi connectivity index (χ0n) is 4.43. The Labute approximate surface area is 94.2 Å². The van der Waals surface area contributed by atoms with Crippen LogP contribution in [0.1, 0.15) is 0 Å². The first-order valence-electron chi connectivity index (χ1n) is 2.34. The van der Waals surface area contributed by atoms with Gasteiger partial charge in [-0.15, -0.1) is 0 Å². The standard InChI is InChI=1S/C6H3IO2.Na.H/c7-4-1-2-5(8)6(9)3-4;;/h1-3H;;. The van der Waals surface area contributed by atoms with Crippen LogP contribution in [0.15, 0.2) is 21.8 Å². The quantitative estimate of drug-likeness (QED) is 0.272. The molecule has 1 aliphatic carbocycles. The van der Waals surface area contributed by atoms with E-state index in [1.165, 1.54) is 12.2 Å². The summed E-state index contributed by atoms with van der Waals surface area (Å²) in [7, 11) is 0. The van der Waals surface area contributed by atoms with Crippen molar-refractivity contribution in [2.24, 2.45) is 0 Å². The summed E-state index contributed by atoms with van der Waals surface area (Å²) in [6.07, 6.45) is 4.22. The molecular weight excluding hydrogens is 254 g/mol. The first kappa shape index (κ1) is 10.6. The fourth-order valence-corrected chi connectivity index (χ4v) is 0.945. The van der Waals surface area contributed by atoms with Gasteiger partial charge in [0.2, 0.25) is 11.6 Å². The SMILES string of the molecule is O=C1C=CC(I)=CC1=O.[NaH]. The van der Waals surface area contributed by atoms with Gasteiger partial charge < -0.3 is 0 Å². The third-order valence-electron chi connectivity index (χ3n) is 0.906. The molecule has 4 heteroatoms. The number of allylic oxidation sites excluding steroid dienone is 4. The molecule has 0 aromatic heterocycles. The van der Waals surface area contributed by atoms with E-state index < -0.39 is 11.6 Å². The summed E-state index contributed by atoms with van der Waals surface area (Å²) in [6, 6.07) is 0. The second kappa shape index (κ2) is 4.43. The number of carbonyl (C=O) groups is 2. The molecule has 10 heavy (non-hydrogen) atoms. The van der Waals surface area contributed by atoms with E-state index in [-0.39, 0.29) is 29.6 Å². The fraction of sp³-hybridized carbons (Fsp3) is 0. The van der Waals surface area contributed by atoms with Gasteiger partial charge in [0.15, 0.2) is 0 Å². The molecule has 0 unspecified atom stereocenters. The van der Waals surface area contributed by atoms with E-state index >= 15 is 0 Å². The molecule has 0 aliphatic heterocycles. The van der Waals surface area contributed by atoms with Gasteiger partial charge in [-0.25, -0.2) is 0 Å². The van der Waals surface area contributed by atoms with Crippen LogP contribution in [0, 0.1) is 0 Å².